The van der Waals surface area contributed by atoms with Crippen LogP contribution >= 0.6 is 0 Å². The Labute approximate surface area is 279 Å². The summed E-state index contributed by atoms with van der Waals surface area (Å²) in [6.45, 7) is 34.1. The SMILES string of the molecule is C=CC=C(C)C.CC.CC.CC.CC.CC(=O)C1C[C@@H](C#N)N(C=O)C1.CC(C)C.CF.NCC(=O)N1CC2CCCCC2C1. The van der Waals surface area contributed by atoms with Gasteiger partial charge in [-0.25, -0.2) is 0 Å². The van der Waals surface area contributed by atoms with Gasteiger partial charge >= 0.3 is 0 Å². The molecule has 3 fully saturated rings. The van der Waals surface area contributed by atoms with Crippen LogP contribution < -0.4 is 5.73 Å². The molecular weight excluding hydrogens is 567 g/mol. The van der Waals surface area contributed by atoms with Crippen molar-refractivity contribution >= 4 is 18.1 Å². The molecule has 0 aromatic carbocycles. The highest BCUT2D eigenvalue weighted by Gasteiger charge is 2.36. The molecule has 2 N–H and O–H groups in total. The minimum Gasteiger partial charge on any atom is -0.341 e. The summed E-state index contributed by atoms with van der Waals surface area (Å²) in [5.74, 6) is 2.45. The molecule has 268 valence electrons. The van der Waals surface area contributed by atoms with Crippen molar-refractivity contribution in [3.8, 4) is 6.07 Å². The zero-order chi connectivity index (χ0) is 37.0. The van der Waals surface area contributed by atoms with E-state index in [1.807, 2.05) is 86.3 Å². The Bertz CT molecular complexity index is 730. The number of hydrogen-bond donors (Lipinski definition) is 1. The van der Waals surface area contributed by atoms with E-state index in [0.717, 1.165) is 30.8 Å². The Kier molecular flexibility index (Phi) is 50.6. The summed E-state index contributed by atoms with van der Waals surface area (Å²) in [7, 11) is 0.500. The number of nitriles is 1. The van der Waals surface area contributed by atoms with Crippen LogP contribution in [0.5, 0.6) is 0 Å². The van der Waals surface area contributed by atoms with Crippen LogP contribution in [0.1, 0.15) is 129 Å². The van der Waals surface area contributed by atoms with E-state index in [9.17, 15) is 18.8 Å². The molecule has 0 spiro atoms. The Hall–Kier alpha value is -2.53. The highest BCUT2D eigenvalue weighted by molar-refractivity contribution is 5.79. The third-order valence-corrected chi connectivity index (χ3v) is 6.15. The van der Waals surface area contributed by atoms with Gasteiger partial charge in [0, 0.05) is 25.6 Å². The Balaban J connectivity index is -0.000000109. The number of halogens is 1. The molecular formula is C37H75FN4O3. The lowest BCUT2D eigenvalue weighted by Gasteiger charge is -2.22. The Morgan fingerprint density at radius 3 is 1.53 bits per heavy atom. The topological polar surface area (TPSA) is 107 Å². The predicted molar refractivity (Wildman–Crippen MR) is 195 cm³/mol. The zero-order valence-corrected chi connectivity index (χ0v) is 32.2. The van der Waals surface area contributed by atoms with Gasteiger partial charge in [-0.1, -0.05) is 113 Å². The van der Waals surface area contributed by atoms with Gasteiger partial charge in [0.25, 0.3) is 0 Å². The molecule has 1 aliphatic carbocycles. The van der Waals surface area contributed by atoms with Gasteiger partial charge in [-0.3, -0.25) is 18.8 Å². The fourth-order valence-electron chi connectivity index (χ4n) is 4.37. The fourth-order valence-corrected chi connectivity index (χ4v) is 4.37. The summed E-state index contributed by atoms with van der Waals surface area (Å²) < 4.78 is 9.50. The van der Waals surface area contributed by atoms with Crippen molar-refractivity contribution in [1.29, 1.82) is 5.26 Å². The van der Waals surface area contributed by atoms with Crippen LogP contribution in [0, 0.1) is 35.0 Å². The first-order chi connectivity index (χ1) is 21.5. The lowest BCUT2D eigenvalue weighted by molar-refractivity contribution is -0.129. The minimum atomic E-state index is -0.406. The second-order valence-electron chi connectivity index (χ2n) is 10.5. The van der Waals surface area contributed by atoms with E-state index < -0.39 is 6.04 Å². The van der Waals surface area contributed by atoms with Crippen molar-refractivity contribution in [3.63, 3.8) is 0 Å². The van der Waals surface area contributed by atoms with E-state index in [4.69, 9.17) is 11.0 Å². The molecule has 2 aliphatic heterocycles. The number of nitrogens with two attached hydrogens (primary N) is 1. The van der Waals surface area contributed by atoms with E-state index in [2.05, 4.69) is 27.4 Å². The molecule has 0 radical (unpaired) electrons. The van der Waals surface area contributed by atoms with Crippen molar-refractivity contribution in [2.24, 2.45) is 29.4 Å². The largest absolute Gasteiger partial charge is 0.341 e. The monoisotopic (exact) mass is 643 g/mol. The number of ketones is 1. The van der Waals surface area contributed by atoms with Gasteiger partial charge < -0.3 is 15.5 Å². The second-order valence-corrected chi connectivity index (χ2v) is 10.5. The fraction of sp³-hybridized carbons (Fsp3) is 0.784. The van der Waals surface area contributed by atoms with Gasteiger partial charge in [0.2, 0.25) is 12.3 Å². The van der Waals surface area contributed by atoms with Crippen LogP contribution in [-0.2, 0) is 14.4 Å². The summed E-state index contributed by atoms with van der Waals surface area (Å²) >= 11 is 0. The molecule has 2 heterocycles. The van der Waals surface area contributed by atoms with Crippen molar-refractivity contribution in [2.45, 2.75) is 135 Å². The number of alkyl halides is 1. The third kappa shape index (κ3) is 31.2. The number of allylic oxidation sites excluding steroid dienone is 3. The summed E-state index contributed by atoms with van der Waals surface area (Å²) in [6.07, 6.45) is 10.2. The standard InChI is InChI=1S/C10H18N2O.C8H10N2O2.C6H10.C4H10.4C2H6.CH3F/c11-5-10(13)12-6-8-3-1-2-4-9(8)7-12;1-6(12)7-2-8(3-9)10(4-7)5-11;1-4-5-6(2)3;1-4(2)3;5*1-2/h8-9H,1-7,11H2;5,7-8H,2,4H2,1H3;4-5H,1H2,2-3H3;4H,1-3H3;4*1-2H3;1H3/t;7?,8-;;;;;;;/m.0......./s1. The first kappa shape index (κ1) is 54.9. The first-order valence-corrected chi connectivity index (χ1v) is 17.2. The first-order valence-electron chi connectivity index (χ1n) is 17.2. The minimum absolute atomic E-state index is 0.0552. The van der Waals surface area contributed by atoms with Crippen LogP contribution in [0.2, 0.25) is 0 Å². The third-order valence-electron chi connectivity index (χ3n) is 6.15. The number of Topliss-reactive ketones (excluding diaryl/α,β-unsaturated/α-hetero) is 1. The summed E-state index contributed by atoms with van der Waals surface area (Å²) in [4.78, 5) is 36.0. The molecule has 3 unspecified atom stereocenters. The highest BCUT2D eigenvalue weighted by atomic mass is 19.1. The number of nitrogens with zero attached hydrogens (tertiary/aromatic N) is 3. The predicted octanol–water partition coefficient (Wildman–Crippen LogP) is 9.03. The van der Waals surface area contributed by atoms with E-state index in [-0.39, 0.29) is 24.2 Å². The van der Waals surface area contributed by atoms with Gasteiger partial charge in [-0.15, -0.1) is 0 Å². The molecule has 8 heteroatoms. The lowest BCUT2D eigenvalue weighted by Crippen LogP contribution is -2.34. The summed E-state index contributed by atoms with van der Waals surface area (Å²) in [6, 6.07) is 1.59. The van der Waals surface area contributed by atoms with Gasteiger partial charge in [0.15, 0.2) is 0 Å². The Morgan fingerprint density at radius 1 is 0.911 bits per heavy atom. The van der Waals surface area contributed by atoms with Gasteiger partial charge in [-0.05, 0) is 57.8 Å². The van der Waals surface area contributed by atoms with E-state index in [1.54, 1.807) is 6.08 Å². The molecule has 0 aromatic rings. The van der Waals surface area contributed by atoms with Crippen molar-refractivity contribution in [2.75, 3.05) is 33.4 Å². The number of hydrogen-bond acceptors (Lipinski definition) is 5. The van der Waals surface area contributed by atoms with Gasteiger partial charge in [-0.2, -0.15) is 5.26 Å². The summed E-state index contributed by atoms with van der Waals surface area (Å²) in [5.41, 5.74) is 6.65. The molecule has 0 bridgehead atoms. The molecule has 7 nitrogen and oxygen atoms in total. The second kappa shape index (κ2) is 41.5. The lowest BCUT2D eigenvalue weighted by atomic mass is 9.82. The molecule has 2 amide bonds. The molecule has 3 aliphatic rings. The molecule has 4 atom stereocenters. The average molecular weight is 643 g/mol. The molecule has 1 saturated carbocycles. The zero-order valence-electron chi connectivity index (χ0n) is 32.2. The number of carbonyl (C=O) groups excluding carboxylic acids is 3. The van der Waals surface area contributed by atoms with Crippen LogP contribution in [0.25, 0.3) is 0 Å². The maximum atomic E-state index is 11.4. The molecule has 3 rings (SSSR count). The average Bonchev–Trinajstić information content (AvgIpc) is 3.70. The molecule has 2 saturated heterocycles. The smallest absolute Gasteiger partial charge is 0.236 e. The number of amides is 2. The number of likely N-dealkylation sites (tertiary alicyclic amines) is 2. The number of fused-ring (bicyclic) bond motifs is 1. The number of rotatable bonds is 4. The molecule has 0 aromatic heterocycles. The maximum Gasteiger partial charge on any atom is 0.236 e. The Morgan fingerprint density at radius 2 is 1.31 bits per heavy atom. The summed E-state index contributed by atoms with van der Waals surface area (Å²) in [5, 5.41) is 8.61. The van der Waals surface area contributed by atoms with E-state index >= 15 is 0 Å². The van der Waals surface area contributed by atoms with E-state index in [1.165, 1.54) is 43.1 Å². The van der Waals surface area contributed by atoms with E-state index in [0.29, 0.717) is 26.6 Å². The van der Waals surface area contributed by atoms with Crippen LogP contribution in [-0.4, -0.2) is 67.3 Å². The van der Waals surface area contributed by atoms with Crippen LogP contribution in [0.4, 0.5) is 4.39 Å². The normalized spacial score (nSPS) is 19.5. The van der Waals surface area contributed by atoms with Gasteiger partial charge in [0.1, 0.15) is 11.8 Å². The molecule has 45 heavy (non-hydrogen) atoms. The van der Waals surface area contributed by atoms with Crippen molar-refractivity contribution in [3.05, 3.63) is 24.3 Å². The van der Waals surface area contributed by atoms with Crippen molar-refractivity contribution < 1.29 is 18.8 Å². The highest BCUT2D eigenvalue weighted by Crippen LogP contribution is 2.35. The maximum absolute atomic E-state index is 11.4. The van der Waals surface area contributed by atoms with Crippen molar-refractivity contribution in [1.82, 2.24) is 9.80 Å². The van der Waals surface area contributed by atoms with Gasteiger partial charge in [0.05, 0.1) is 19.8 Å². The quantitative estimate of drug-likeness (QED) is 0.243. The van der Waals surface area contributed by atoms with Crippen LogP contribution in [0.15, 0.2) is 24.3 Å². The van der Waals surface area contributed by atoms with Crippen LogP contribution in [0.3, 0.4) is 0 Å². The number of carbonyl (C=O) groups is 3.